The summed E-state index contributed by atoms with van der Waals surface area (Å²) < 4.78 is 44.5. The number of carbonyl (C=O) groups is 2. The summed E-state index contributed by atoms with van der Waals surface area (Å²) in [6.07, 6.45) is 1.58. The van der Waals surface area contributed by atoms with Gasteiger partial charge in [0, 0.05) is 17.1 Å². The highest BCUT2D eigenvalue weighted by Crippen LogP contribution is 2.25. The molecule has 3 N–H and O–H groups in total. The van der Waals surface area contributed by atoms with Gasteiger partial charge in [-0.25, -0.2) is 22.6 Å². The van der Waals surface area contributed by atoms with Crippen molar-refractivity contribution in [3.8, 4) is 11.3 Å². The number of methoxy groups -OCH3 is 1. The molecule has 0 unspecified atom stereocenters. The Hall–Kier alpha value is -3.09. The Morgan fingerprint density at radius 2 is 1.97 bits per heavy atom. The number of H-pyrrole nitrogens is 1. The van der Waals surface area contributed by atoms with Crippen LogP contribution in [-0.2, 0) is 19.6 Å². The lowest BCUT2D eigenvalue weighted by atomic mass is 10.2. The van der Waals surface area contributed by atoms with E-state index in [4.69, 9.17) is 0 Å². The first-order valence-corrected chi connectivity index (χ1v) is 10.9. The van der Waals surface area contributed by atoms with Crippen LogP contribution in [-0.4, -0.2) is 43.4 Å². The van der Waals surface area contributed by atoms with E-state index in [-0.39, 0.29) is 15.7 Å². The fourth-order valence-electron chi connectivity index (χ4n) is 2.42. The van der Waals surface area contributed by atoms with E-state index in [9.17, 15) is 22.4 Å². The Bertz CT molecular complexity index is 1170. The minimum absolute atomic E-state index is 0.158. The lowest BCUT2D eigenvalue weighted by Crippen LogP contribution is -2.41. The number of carbonyl (C=O) groups excluding carboxylic acids is 2. The molecule has 0 aliphatic heterocycles. The van der Waals surface area contributed by atoms with E-state index in [1.807, 2.05) is 0 Å². The number of nitrogens with zero attached hydrogens (tertiary/aromatic N) is 1. The van der Waals surface area contributed by atoms with E-state index >= 15 is 0 Å². The molecule has 0 bridgehead atoms. The van der Waals surface area contributed by atoms with E-state index in [2.05, 4.69) is 24.7 Å². The second-order valence-electron chi connectivity index (χ2n) is 6.12. The highest BCUT2D eigenvalue weighted by molar-refractivity contribution is 7.89. The molecular formula is C18H17FN4O5S2. The van der Waals surface area contributed by atoms with Crippen LogP contribution in [0.15, 0.2) is 46.8 Å². The number of hydrogen-bond acceptors (Lipinski definition) is 7. The van der Waals surface area contributed by atoms with Crippen molar-refractivity contribution >= 4 is 38.4 Å². The molecule has 0 fully saturated rings. The van der Waals surface area contributed by atoms with Crippen LogP contribution >= 0.6 is 11.3 Å². The third-order valence-corrected chi connectivity index (χ3v) is 6.28. The monoisotopic (exact) mass is 452 g/mol. The topological polar surface area (TPSA) is 130 Å². The quantitative estimate of drug-likeness (QED) is 0.472. The molecule has 0 spiro atoms. The molecule has 2 heterocycles. The van der Waals surface area contributed by atoms with Crippen LogP contribution in [0.1, 0.15) is 17.4 Å². The minimum Gasteiger partial charge on any atom is -0.464 e. The Balaban J connectivity index is 1.65. The maximum Gasteiger partial charge on any atom is 0.354 e. The number of thiazole rings is 1. The molecule has 3 aromatic rings. The summed E-state index contributed by atoms with van der Waals surface area (Å²) in [5.41, 5.74) is 1.40. The zero-order valence-corrected chi connectivity index (χ0v) is 17.4. The molecular weight excluding hydrogens is 435 g/mol. The van der Waals surface area contributed by atoms with E-state index in [0.29, 0.717) is 11.3 Å². The first-order chi connectivity index (χ1) is 14.2. The predicted molar refractivity (Wildman–Crippen MR) is 108 cm³/mol. The van der Waals surface area contributed by atoms with E-state index in [1.165, 1.54) is 14.0 Å². The van der Waals surface area contributed by atoms with Crippen molar-refractivity contribution in [3.05, 3.63) is 53.4 Å². The molecule has 12 heteroatoms. The molecule has 1 aromatic carbocycles. The molecule has 0 saturated carbocycles. The van der Waals surface area contributed by atoms with Gasteiger partial charge in [0.15, 0.2) is 5.13 Å². The Morgan fingerprint density at radius 1 is 1.27 bits per heavy atom. The highest BCUT2D eigenvalue weighted by atomic mass is 32.2. The first kappa shape index (κ1) is 21.6. The van der Waals surface area contributed by atoms with Gasteiger partial charge in [0.25, 0.3) is 0 Å². The van der Waals surface area contributed by atoms with Gasteiger partial charge < -0.3 is 15.0 Å². The molecule has 0 aliphatic carbocycles. The number of aromatic nitrogens is 2. The standard InChI is InChI=1S/C18H17FN4O5S2/c1-10(23-30(26,27)13-5-3-12(19)4-6-13)16(24)22-18-21-15(9-29-18)11-7-14(20-8-11)17(25)28-2/h3-10,20,23H,1-2H3,(H,21,22,24)/t10-/m1/s1. The third kappa shape index (κ3) is 4.90. The number of anilines is 1. The predicted octanol–water partition coefficient (Wildman–Crippen LogP) is 2.37. The molecule has 0 aliphatic rings. The van der Waals surface area contributed by atoms with Crippen molar-refractivity contribution in [1.29, 1.82) is 0 Å². The number of aromatic amines is 1. The van der Waals surface area contributed by atoms with Gasteiger partial charge in [-0.05, 0) is 37.3 Å². The summed E-state index contributed by atoms with van der Waals surface area (Å²) in [5, 5.41) is 4.46. The largest absolute Gasteiger partial charge is 0.464 e. The van der Waals surface area contributed by atoms with Crippen molar-refractivity contribution in [2.75, 3.05) is 12.4 Å². The lowest BCUT2D eigenvalue weighted by molar-refractivity contribution is -0.117. The molecule has 2 aromatic heterocycles. The van der Waals surface area contributed by atoms with Gasteiger partial charge in [0.2, 0.25) is 15.9 Å². The maximum atomic E-state index is 13.0. The summed E-state index contributed by atoms with van der Waals surface area (Å²) in [4.78, 5) is 30.7. The highest BCUT2D eigenvalue weighted by Gasteiger charge is 2.23. The average molecular weight is 452 g/mol. The van der Waals surface area contributed by atoms with E-state index in [1.54, 1.807) is 17.6 Å². The maximum absolute atomic E-state index is 13.0. The summed E-state index contributed by atoms with van der Waals surface area (Å²) in [5.74, 6) is -1.71. The number of hydrogen-bond donors (Lipinski definition) is 3. The fourth-order valence-corrected chi connectivity index (χ4v) is 4.34. The van der Waals surface area contributed by atoms with Crippen LogP contribution < -0.4 is 10.0 Å². The van der Waals surface area contributed by atoms with Crippen molar-refractivity contribution in [3.63, 3.8) is 0 Å². The molecule has 1 amide bonds. The van der Waals surface area contributed by atoms with E-state index < -0.39 is 33.8 Å². The lowest BCUT2D eigenvalue weighted by Gasteiger charge is -2.13. The minimum atomic E-state index is -4.00. The smallest absolute Gasteiger partial charge is 0.354 e. The number of halogens is 1. The van der Waals surface area contributed by atoms with Gasteiger partial charge in [0.1, 0.15) is 11.5 Å². The van der Waals surface area contributed by atoms with Crippen molar-refractivity contribution < 1.29 is 27.1 Å². The second kappa shape index (κ2) is 8.73. The number of amides is 1. The molecule has 0 saturated heterocycles. The molecule has 158 valence electrons. The van der Waals surface area contributed by atoms with Gasteiger partial charge in [-0.15, -0.1) is 11.3 Å². The molecule has 0 radical (unpaired) electrons. The number of rotatable bonds is 7. The number of ether oxygens (including phenoxy) is 1. The first-order valence-electron chi connectivity index (χ1n) is 8.51. The fraction of sp³-hybridized carbons (Fsp3) is 0.167. The summed E-state index contributed by atoms with van der Waals surface area (Å²) in [6, 6.07) is 4.70. The molecule has 30 heavy (non-hydrogen) atoms. The number of esters is 1. The van der Waals surface area contributed by atoms with Crippen LogP contribution in [0.3, 0.4) is 0 Å². The van der Waals surface area contributed by atoms with Gasteiger partial charge in [-0.3, -0.25) is 4.79 Å². The van der Waals surface area contributed by atoms with Crippen molar-refractivity contribution in [1.82, 2.24) is 14.7 Å². The van der Waals surface area contributed by atoms with E-state index in [0.717, 1.165) is 35.6 Å². The van der Waals surface area contributed by atoms with Crippen LogP contribution in [0.25, 0.3) is 11.3 Å². The third-order valence-electron chi connectivity index (χ3n) is 3.97. The average Bonchev–Trinajstić information content (AvgIpc) is 3.36. The Labute approximate surface area is 175 Å². The van der Waals surface area contributed by atoms with Crippen molar-refractivity contribution in [2.45, 2.75) is 17.9 Å². The number of benzene rings is 1. The Kier molecular flexibility index (Phi) is 6.29. The SMILES string of the molecule is COC(=O)c1cc(-c2csc(NC(=O)[C@@H](C)NS(=O)(=O)c3ccc(F)cc3)n2)c[nH]1. The van der Waals surface area contributed by atoms with Gasteiger partial charge in [-0.1, -0.05) is 0 Å². The molecule has 9 nitrogen and oxygen atoms in total. The zero-order valence-electron chi connectivity index (χ0n) is 15.8. The number of nitrogens with one attached hydrogen (secondary N) is 3. The molecule has 1 atom stereocenters. The number of sulfonamides is 1. The van der Waals surface area contributed by atoms with Crippen LogP contribution in [0.5, 0.6) is 0 Å². The van der Waals surface area contributed by atoms with Crippen LogP contribution in [0.4, 0.5) is 9.52 Å². The van der Waals surface area contributed by atoms with Gasteiger partial charge in [0.05, 0.1) is 23.7 Å². The zero-order chi connectivity index (χ0) is 21.9. The second-order valence-corrected chi connectivity index (χ2v) is 8.69. The van der Waals surface area contributed by atoms with Gasteiger partial charge >= 0.3 is 5.97 Å². The molecule has 3 rings (SSSR count). The summed E-state index contributed by atoms with van der Waals surface area (Å²) in [6.45, 7) is 1.37. The Morgan fingerprint density at radius 3 is 2.63 bits per heavy atom. The van der Waals surface area contributed by atoms with Gasteiger partial charge in [-0.2, -0.15) is 4.72 Å². The van der Waals surface area contributed by atoms with Crippen molar-refractivity contribution in [2.24, 2.45) is 0 Å². The summed E-state index contributed by atoms with van der Waals surface area (Å²) in [7, 11) is -2.73. The van der Waals surface area contributed by atoms with Crippen LogP contribution in [0, 0.1) is 5.82 Å². The van der Waals surface area contributed by atoms with Crippen LogP contribution in [0.2, 0.25) is 0 Å². The normalized spacial score (nSPS) is 12.4. The summed E-state index contributed by atoms with van der Waals surface area (Å²) >= 11 is 1.14.